The van der Waals surface area contributed by atoms with E-state index in [2.05, 4.69) is 21.1 Å². The van der Waals surface area contributed by atoms with Crippen molar-refractivity contribution in [3.8, 4) is 0 Å². The highest BCUT2D eigenvalue weighted by molar-refractivity contribution is 6.00. The first-order valence-electron chi connectivity index (χ1n) is 8.80. The van der Waals surface area contributed by atoms with Gasteiger partial charge in [-0.1, -0.05) is 55.5 Å². The van der Waals surface area contributed by atoms with Gasteiger partial charge in [0.2, 0.25) is 0 Å². The Morgan fingerprint density at radius 1 is 0.852 bits per heavy atom. The van der Waals surface area contributed by atoms with Crippen molar-refractivity contribution in [2.45, 2.75) is 27.2 Å². The number of aryl methyl sites for hydroxylation is 2. The molecule has 27 heavy (non-hydrogen) atoms. The van der Waals surface area contributed by atoms with E-state index in [1.54, 1.807) is 19.4 Å². The van der Waals surface area contributed by atoms with Gasteiger partial charge in [0.05, 0.1) is 12.4 Å². The molecule has 0 fully saturated rings. The molecule has 0 aliphatic carbocycles. The highest BCUT2D eigenvalue weighted by atomic mass is 16.2. The SMILES string of the molecule is CCC(C(=O)N/N=C\c1ccccc1C)C(=O)N/N=C\c1ccccc1C. The fourth-order valence-corrected chi connectivity index (χ4v) is 2.44. The van der Waals surface area contributed by atoms with E-state index in [1.165, 1.54) is 0 Å². The lowest BCUT2D eigenvalue weighted by molar-refractivity contribution is -0.135. The highest BCUT2D eigenvalue weighted by Crippen LogP contribution is 2.06. The molecule has 0 aromatic heterocycles. The van der Waals surface area contributed by atoms with Crippen LogP contribution in [0.4, 0.5) is 0 Å². The number of nitrogens with zero attached hydrogens (tertiary/aromatic N) is 2. The van der Waals surface area contributed by atoms with E-state index in [0.717, 1.165) is 22.3 Å². The Morgan fingerprint density at radius 3 is 1.63 bits per heavy atom. The predicted octanol–water partition coefficient (Wildman–Crippen LogP) is 2.93. The number of hydrogen-bond acceptors (Lipinski definition) is 4. The van der Waals surface area contributed by atoms with Crippen LogP contribution < -0.4 is 10.9 Å². The molecule has 0 aliphatic heterocycles. The van der Waals surface area contributed by atoms with Crippen molar-refractivity contribution < 1.29 is 9.59 Å². The summed E-state index contributed by atoms with van der Waals surface area (Å²) in [5.74, 6) is -1.80. The summed E-state index contributed by atoms with van der Waals surface area (Å²) >= 11 is 0. The normalized spacial score (nSPS) is 11.3. The Morgan fingerprint density at radius 2 is 1.26 bits per heavy atom. The molecule has 2 amide bonds. The molecule has 0 radical (unpaired) electrons. The van der Waals surface area contributed by atoms with Crippen LogP contribution in [0.3, 0.4) is 0 Å². The van der Waals surface area contributed by atoms with Crippen molar-refractivity contribution in [3.63, 3.8) is 0 Å². The first kappa shape index (κ1) is 20.0. The number of nitrogens with one attached hydrogen (secondary N) is 2. The zero-order valence-corrected chi connectivity index (χ0v) is 15.8. The molecule has 0 spiro atoms. The van der Waals surface area contributed by atoms with Gasteiger partial charge in [-0.2, -0.15) is 10.2 Å². The molecular weight excluding hydrogens is 340 g/mol. The van der Waals surface area contributed by atoms with E-state index in [1.807, 2.05) is 62.4 Å². The lowest BCUT2D eigenvalue weighted by atomic mass is 10.1. The Hall–Kier alpha value is -3.28. The van der Waals surface area contributed by atoms with Crippen LogP contribution in [0.15, 0.2) is 58.7 Å². The smallest absolute Gasteiger partial charge is 0.252 e. The van der Waals surface area contributed by atoms with Crippen molar-refractivity contribution >= 4 is 24.2 Å². The van der Waals surface area contributed by atoms with Gasteiger partial charge < -0.3 is 0 Å². The number of rotatable bonds is 7. The average Bonchev–Trinajstić information content (AvgIpc) is 2.65. The van der Waals surface area contributed by atoms with E-state index in [9.17, 15) is 9.59 Å². The van der Waals surface area contributed by atoms with Crippen molar-refractivity contribution in [1.29, 1.82) is 0 Å². The third kappa shape index (κ3) is 5.88. The van der Waals surface area contributed by atoms with E-state index >= 15 is 0 Å². The van der Waals surface area contributed by atoms with Crippen LogP contribution in [0.5, 0.6) is 0 Å². The van der Waals surface area contributed by atoms with Gasteiger partial charge in [-0.15, -0.1) is 0 Å². The molecule has 2 aromatic carbocycles. The van der Waals surface area contributed by atoms with E-state index in [0.29, 0.717) is 6.42 Å². The van der Waals surface area contributed by atoms with Crippen LogP contribution in [-0.4, -0.2) is 24.2 Å². The maximum absolute atomic E-state index is 12.2. The standard InChI is InChI=1S/C21H24N4O2/c1-4-19(20(26)24-22-13-17-11-7-5-9-15(17)2)21(27)25-23-14-18-12-8-6-10-16(18)3/h5-14,19H,4H2,1-3H3,(H,24,26)(H,25,27)/b22-13-,23-14-. The van der Waals surface area contributed by atoms with E-state index < -0.39 is 17.7 Å². The topological polar surface area (TPSA) is 82.9 Å². The fourth-order valence-electron chi connectivity index (χ4n) is 2.44. The van der Waals surface area contributed by atoms with Gasteiger partial charge in [-0.05, 0) is 42.5 Å². The number of hydrogen-bond donors (Lipinski definition) is 2. The summed E-state index contributed by atoms with van der Waals surface area (Å²) in [6.07, 6.45) is 3.47. The number of carbonyl (C=O) groups excluding carboxylic acids is 2. The Balaban J connectivity index is 1.92. The molecule has 2 N–H and O–H groups in total. The summed E-state index contributed by atoms with van der Waals surface area (Å²) < 4.78 is 0. The first-order valence-corrected chi connectivity index (χ1v) is 8.80. The second-order valence-corrected chi connectivity index (χ2v) is 6.14. The van der Waals surface area contributed by atoms with Crippen LogP contribution in [0.2, 0.25) is 0 Å². The summed E-state index contributed by atoms with van der Waals surface area (Å²) in [5.41, 5.74) is 8.75. The summed E-state index contributed by atoms with van der Waals surface area (Å²) in [7, 11) is 0. The molecule has 2 aromatic rings. The van der Waals surface area contributed by atoms with Crippen molar-refractivity contribution in [2.24, 2.45) is 16.1 Å². The molecule has 140 valence electrons. The molecule has 0 saturated heterocycles. The fraction of sp³-hybridized carbons (Fsp3) is 0.238. The Kier molecular flexibility index (Phi) is 7.43. The van der Waals surface area contributed by atoms with Crippen LogP contribution in [0, 0.1) is 19.8 Å². The zero-order valence-electron chi connectivity index (χ0n) is 15.8. The monoisotopic (exact) mass is 364 g/mol. The zero-order chi connectivity index (χ0) is 19.6. The van der Waals surface area contributed by atoms with Crippen LogP contribution in [0.1, 0.15) is 35.6 Å². The Labute approximate surface area is 159 Å². The van der Waals surface area contributed by atoms with Gasteiger partial charge in [-0.3, -0.25) is 9.59 Å². The van der Waals surface area contributed by atoms with Crippen molar-refractivity contribution in [3.05, 3.63) is 70.8 Å². The minimum atomic E-state index is -0.868. The molecule has 0 heterocycles. The average molecular weight is 364 g/mol. The predicted molar refractivity (Wildman–Crippen MR) is 108 cm³/mol. The maximum Gasteiger partial charge on any atom is 0.252 e. The number of carbonyl (C=O) groups is 2. The second kappa shape index (κ2) is 10.0. The number of amides is 2. The van der Waals surface area contributed by atoms with Gasteiger partial charge in [0.1, 0.15) is 5.92 Å². The molecule has 2 rings (SSSR count). The third-order valence-electron chi connectivity index (χ3n) is 4.17. The largest absolute Gasteiger partial charge is 0.272 e. The van der Waals surface area contributed by atoms with Crippen molar-refractivity contribution in [2.75, 3.05) is 0 Å². The molecule has 0 saturated carbocycles. The molecule has 6 nitrogen and oxygen atoms in total. The quantitative estimate of drug-likeness (QED) is 0.450. The Bertz CT molecular complexity index is 789. The summed E-state index contributed by atoms with van der Waals surface area (Å²) in [6, 6.07) is 15.4. The first-order chi connectivity index (χ1) is 13.0. The summed E-state index contributed by atoms with van der Waals surface area (Å²) in [6.45, 7) is 5.68. The molecule has 0 unspecified atom stereocenters. The number of benzene rings is 2. The number of hydrazone groups is 2. The lowest BCUT2D eigenvalue weighted by Crippen LogP contribution is -2.37. The van der Waals surface area contributed by atoms with Gasteiger partial charge in [-0.25, -0.2) is 10.9 Å². The molecular formula is C21H24N4O2. The minimum absolute atomic E-state index is 0.345. The molecule has 0 bridgehead atoms. The molecule has 0 aliphatic rings. The van der Waals surface area contributed by atoms with Gasteiger partial charge in [0.25, 0.3) is 11.8 Å². The second-order valence-electron chi connectivity index (χ2n) is 6.14. The van der Waals surface area contributed by atoms with Gasteiger partial charge in [0.15, 0.2) is 0 Å². The van der Waals surface area contributed by atoms with Crippen LogP contribution in [0.25, 0.3) is 0 Å². The van der Waals surface area contributed by atoms with E-state index in [4.69, 9.17) is 0 Å². The third-order valence-corrected chi connectivity index (χ3v) is 4.17. The highest BCUT2D eigenvalue weighted by Gasteiger charge is 2.24. The van der Waals surface area contributed by atoms with Gasteiger partial charge >= 0.3 is 0 Å². The summed E-state index contributed by atoms with van der Waals surface area (Å²) in [5, 5.41) is 7.90. The van der Waals surface area contributed by atoms with E-state index in [-0.39, 0.29) is 0 Å². The van der Waals surface area contributed by atoms with Gasteiger partial charge in [0, 0.05) is 0 Å². The summed E-state index contributed by atoms with van der Waals surface area (Å²) in [4.78, 5) is 24.5. The lowest BCUT2D eigenvalue weighted by Gasteiger charge is -2.11. The molecule has 0 atom stereocenters. The minimum Gasteiger partial charge on any atom is -0.272 e. The maximum atomic E-state index is 12.2. The van der Waals surface area contributed by atoms with Crippen molar-refractivity contribution in [1.82, 2.24) is 10.9 Å². The molecule has 6 heteroatoms. The van der Waals surface area contributed by atoms with Crippen LogP contribution >= 0.6 is 0 Å². The van der Waals surface area contributed by atoms with Crippen LogP contribution in [-0.2, 0) is 9.59 Å².